The van der Waals surface area contributed by atoms with Gasteiger partial charge < -0.3 is 44.5 Å². The average molecular weight is 968 g/mol. The van der Waals surface area contributed by atoms with Gasteiger partial charge in [-0.1, -0.05) is 213 Å². The highest BCUT2D eigenvalue weighted by molar-refractivity contribution is 5.75. The molecule has 0 saturated carbocycles. The summed E-state index contributed by atoms with van der Waals surface area (Å²) in [7, 11) is 2.22. The number of hydrogen-bond donors (Lipinski definition) is 4. The maximum absolute atomic E-state index is 12.3. The molecular weight excluding hydrogens is 853 g/mol. The molecule has 10 nitrogen and oxygen atoms in total. The number of amides is 1. The number of nitrogens with zero attached hydrogens (tertiary/aromatic N) is 1. The van der Waals surface area contributed by atoms with E-state index in [9.17, 15) is 20.1 Å². The lowest BCUT2D eigenvalue weighted by Crippen LogP contribution is -2.57. The number of ether oxygens (including phenoxy) is 4. The first-order valence-electron chi connectivity index (χ1n) is 29.8. The van der Waals surface area contributed by atoms with Gasteiger partial charge in [-0.25, -0.2) is 0 Å². The van der Waals surface area contributed by atoms with Gasteiger partial charge in [0, 0.05) is 39.0 Å². The molecule has 0 spiro atoms. The number of rotatable bonds is 49. The predicted molar refractivity (Wildman–Crippen MR) is 283 cm³/mol. The summed E-state index contributed by atoms with van der Waals surface area (Å²) >= 11 is 0. The molecule has 404 valence electrons. The van der Waals surface area contributed by atoms with Crippen molar-refractivity contribution in [3.63, 3.8) is 0 Å². The van der Waals surface area contributed by atoms with Gasteiger partial charge in [0.2, 0.25) is 5.91 Å². The summed E-state index contributed by atoms with van der Waals surface area (Å²) in [6.07, 6.45) is 47.3. The quantitative estimate of drug-likeness (QED) is 0.0440. The fraction of sp³-hybridized carbons (Fsp3) is 0.983. The Morgan fingerprint density at radius 2 is 1.00 bits per heavy atom. The third kappa shape index (κ3) is 33.0. The molecule has 10 heteroatoms. The van der Waals surface area contributed by atoms with Gasteiger partial charge in [0.25, 0.3) is 0 Å². The monoisotopic (exact) mass is 967 g/mol. The van der Waals surface area contributed by atoms with Crippen LogP contribution in [0.5, 0.6) is 0 Å². The Morgan fingerprint density at radius 3 is 1.47 bits per heavy atom. The second-order valence-electron chi connectivity index (χ2n) is 21.6. The van der Waals surface area contributed by atoms with E-state index in [1.165, 1.54) is 205 Å². The van der Waals surface area contributed by atoms with Crippen LogP contribution in [0.4, 0.5) is 0 Å². The van der Waals surface area contributed by atoms with Crippen molar-refractivity contribution in [2.75, 3.05) is 39.9 Å². The Bertz CT molecular complexity index is 1120. The number of hydrogen-bond acceptors (Lipinski definition) is 9. The van der Waals surface area contributed by atoms with Gasteiger partial charge in [-0.3, -0.25) is 4.79 Å². The van der Waals surface area contributed by atoms with Crippen LogP contribution >= 0.6 is 0 Å². The highest BCUT2D eigenvalue weighted by Crippen LogP contribution is 2.36. The minimum atomic E-state index is -1.30. The molecular formula is C58H114N2O8. The van der Waals surface area contributed by atoms with Crippen LogP contribution in [0.25, 0.3) is 0 Å². The molecule has 2 aliphatic rings. The van der Waals surface area contributed by atoms with Crippen molar-refractivity contribution in [2.45, 2.75) is 327 Å². The smallest absolute Gasteiger partial charge is 0.219 e. The standard InChI is InChI=1S/C58H114N2O8/c1-5-7-9-11-13-15-17-19-21-22-24-26-28-30-32-34-38-45-58(44-37-33-31-29-27-25-23-20-18-16-14-12-10-8-6-2)66-50-52(68-58)43-48-60(4)47-40-35-39-46-59-53(61)42-36-41-49-65-57-56(64)55(63)54(62)51(3)67-57/h51-52,54-57,62-64H,5-50H2,1-4H3,(H,59,61). The third-order valence-corrected chi connectivity index (χ3v) is 15.0. The predicted octanol–water partition coefficient (Wildman–Crippen LogP) is 14.0. The van der Waals surface area contributed by atoms with Crippen LogP contribution in [0.1, 0.15) is 284 Å². The van der Waals surface area contributed by atoms with Crippen LogP contribution in [0.2, 0.25) is 0 Å². The maximum atomic E-state index is 12.3. The van der Waals surface area contributed by atoms with Gasteiger partial charge in [0.05, 0.1) is 18.8 Å². The Kier molecular flexibility index (Phi) is 40.7. The summed E-state index contributed by atoms with van der Waals surface area (Å²) in [5, 5.41) is 32.9. The normalized spacial score (nSPS) is 23.0. The van der Waals surface area contributed by atoms with Crippen molar-refractivity contribution in [3.8, 4) is 0 Å². The largest absolute Gasteiger partial charge is 0.388 e. The zero-order valence-electron chi connectivity index (χ0n) is 45.3. The Hall–Kier alpha value is -0.850. The second-order valence-corrected chi connectivity index (χ2v) is 21.6. The molecule has 0 aromatic carbocycles. The van der Waals surface area contributed by atoms with Crippen molar-refractivity contribution in [1.29, 1.82) is 0 Å². The first-order valence-corrected chi connectivity index (χ1v) is 29.8. The Labute approximate surface area is 420 Å². The molecule has 0 aromatic rings. The highest BCUT2D eigenvalue weighted by Gasteiger charge is 2.42. The molecule has 2 fully saturated rings. The molecule has 68 heavy (non-hydrogen) atoms. The van der Waals surface area contributed by atoms with E-state index in [1.54, 1.807) is 6.92 Å². The van der Waals surface area contributed by atoms with Crippen molar-refractivity contribution in [2.24, 2.45) is 0 Å². The molecule has 2 heterocycles. The van der Waals surface area contributed by atoms with E-state index in [4.69, 9.17) is 18.9 Å². The molecule has 0 aromatic heterocycles. The van der Waals surface area contributed by atoms with E-state index >= 15 is 0 Å². The molecule has 2 aliphatic heterocycles. The summed E-state index contributed by atoms with van der Waals surface area (Å²) in [5.74, 6) is -0.335. The van der Waals surface area contributed by atoms with E-state index < -0.39 is 30.7 Å². The molecule has 1 amide bonds. The van der Waals surface area contributed by atoms with Gasteiger partial charge in [-0.05, 0) is 65.5 Å². The lowest BCUT2D eigenvalue weighted by atomic mass is 9.98. The van der Waals surface area contributed by atoms with E-state index in [0.29, 0.717) is 32.4 Å². The summed E-state index contributed by atoms with van der Waals surface area (Å²) < 4.78 is 24.6. The molecule has 2 rings (SSSR count). The second kappa shape index (κ2) is 43.7. The number of carbonyl (C=O) groups excluding carboxylic acids is 1. The topological polar surface area (TPSA) is 130 Å². The van der Waals surface area contributed by atoms with Crippen molar-refractivity contribution < 1.29 is 39.1 Å². The number of aliphatic hydroxyl groups excluding tert-OH is 3. The lowest BCUT2D eigenvalue weighted by molar-refractivity contribution is -0.293. The molecule has 0 aliphatic carbocycles. The summed E-state index contributed by atoms with van der Waals surface area (Å²) in [5.41, 5.74) is 0. The van der Waals surface area contributed by atoms with Crippen LogP contribution < -0.4 is 5.32 Å². The fourth-order valence-electron chi connectivity index (χ4n) is 10.2. The highest BCUT2D eigenvalue weighted by atomic mass is 16.7. The van der Waals surface area contributed by atoms with Crippen LogP contribution in [0, 0.1) is 0 Å². The zero-order chi connectivity index (χ0) is 49.2. The number of carbonyl (C=O) groups is 1. The van der Waals surface area contributed by atoms with Crippen LogP contribution in [-0.4, -0.2) is 109 Å². The zero-order valence-corrected chi connectivity index (χ0v) is 45.3. The van der Waals surface area contributed by atoms with Crippen molar-refractivity contribution in [3.05, 3.63) is 0 Å². The van der Waals surface area contributed by atoms with E-state index in [0.717, 1.165) is 58.2 Å². The minimum absolute atomic E-state index is 0.0442. The number of unbranched alkanes of at least 4 members (excludes halogenated alkanes) is 33. The van der Waals surface area contributed by atoms with E-state index in [2.05, 4.69) is 31.1 Å². The van der Waals surface area contributed by atoms with Gasteiger partial charge in [0.15, 0.2) is 12.1 Å². The molecule has 0 bridgehead atoms. The van der Waals surface area contributed by atoms with Crippen LogP contribution in [0.3, 0.4) is 0 Å². The SMILES string of the molecule is CCCCCCCCCCCCCCCCCCCC1(CCCCCCCCCCCCCCCCC)OCC(CCN(C)CCCCCNC(=O)CCCCOC2OC(C)C(O)C(O)C2O)O1. The summed E-state index contributed by atoms with van der Waals surface area (Å²) in [6.45, 7) is 10.00. The van der Waals surface area contributed by atoms with Gasteiger partial charge in [0.1, 0.15) is 18.3 Å². The molecule has 0 radical (unpaired) electrons. The number of aliphatic hydroxyl groups is 3. The Morgan fingerprint density at radius 1 is 0.559 bits per heavy atom. The number of nitrogens with one attached hydrogen (secondary N) is 1. The van der Waals surface area contributed by atoms with Crippen molar-refractivity contribution in [1.82, 2.24) is 10.2 Å². The van der Waals surface area contributed by atoms with Gasteiger partial charge in [-0.2, -0.15) is 0 Å². The Balaban J connectivity index is 1.57. The summed E-state index contributed by atoms with van der Waals surface area (Å²) in [4.78, 5) is 14.8. The molecule has 4 N–H and O–H groups in total. The lowest BCUT2D eigenvalue weighted by Gasteiger charge is -2.38. The maximum Gasteiger partial charge on any atom is 0.219 e. The summed E-state index contributed by atoms with van der Waals surface area (Å²) in [6, 6.07) is 0. The molecule has 2 saturated heterocycles. The van der Waals surface area contributed by atoms with Gasteiger partial charge >= 0.3 is 0 Å². The van der Waals surface area contributed by atoms with Crippen LogP contribution in [0.15, 0.2) is 0 Å². The first-order chi connectivity index (χ1) is 33.2. The average Bonchev–Trinajstić information content (AvgIpc) is 3.75. The minimum Gasteiger partial charge on any atom is -0.388 e. The van der Waals surface area contributed by atoms with Crippen molar-refractivity contribution >= 4 is 5.91 Å². The fourth-order valence-corrected chi connectivity index (χ4v) is 10.2. The van der Waals surface area contributed by atoms with E-state index in [-0.39, 0.29) is 17.8 Å². The third-order valence-electron chi connectivity index (χ3n) is 15.0. The van der Waals surface area contributed by atoms with Gasteiger partial charge in [-0.15, -0.1) is 0 Å². The van der Waals surface area contributed by atoms with Crippen LogP contribution in [-0.2, 0) is 23.7 Å². The molecule has 7 atom stereocenters. The molecule has 7 unspecified atom stereocenters. The first kappa shape index (κ1) is 63.3. The van der Waals surface area contributed by atoms with E-state index in [1.807, 2.05) is 0 Å².